The van der Waals surface area contributed by atoms with E-state index in [9.17, 15) is 0 Å². The van der Waals surface area contributed by atoms with Gasteiger partial charge in [-0.1, -0.05) is 46.0 Å². The van der Waals surface area contributed by atoms with E-state index in [2.05, 4.69) is 27.7 Å². The summed E-state index contributed by atoms with van der Waals surface area (Å²) < 4.78 is 0. The van der Waals surface area contributed by atoms with Crippen LogP contribution in [0.4, 0.5) is 0 Å². The van der Waals surface area contributed by atoms with E-state index in [1.165, 1.54) is 38.5 Å². The summed E-state index contributed by atoms with van der Waals surface area (Å²) in [5.74, 6) is 0.647. The zero-order valence-corrected chi connectivity index (χ0v) is 12.6. The summed E-state index contributed by atoms with van der Waals surface area (Å²) in [7, 11) is 0. The summed E-state index contributed by atoms with van der Waals surface area (Å²) in [6.07, 6.45) is 8.13. The zero-order chi connectivity index (χ0) is 10.3. The minimum atomic E-state index is 0. The van der Waals surface area contributed by atoms with Gasteiger partial charge in [-0.15, -0.1) is 24.0 Å². The molecule has 1 unspecified atom stereocenters. The number of nitrogens with two attached hydrogens (primary N) is 1. The van der Waals surface area contributed by atoms with Gasteiger partial charge in [0.2, 0.25) is 0 Å². The Bertz CT molecular complexity index is 118. The van der Waals surface area contributed by atoms with Crippen molar-refractivity contribution in [1.82, 2.24) is 0 Å². The smallest absolute Gasteiger partial charge is 0.0123 e. The molecule has 88 valence electrons. The van der Waals surface area contributed by atoms with E-state index in [1.54, 1.807) is 0 Å². The molecule has 0 amide bonds. The first-order valence-electron chi connectivity index (χ1n) is 5.77. The van der Waals surface area contributed by atoms with Crippen LogP contribution in [0.1, 0.15) is 66.2 Å². The van der Waals surface area contributed by atoms with Crippen LogP contribution < -0.4 is 5.73 Å². The third-order valence-electron chi connectivity index (χ3n) is 3.01. The lowest BCUT2D eigenvalue weighted by Crippen LogP contribution is -2.39. The van der Waals surface area contributed by atoms with Crippen molar-refractivity contribution in [2.75, 3.05) is 0 Å². The van der Waals surface area contributed by atoms with E-state index in [4.69, 9.17) is 5.73 Å². The SMILES string of the molecule is CCCCCCCC(C)C(C)(C)N.I. The minimum Gasteiger partial charge on any atom is -0.325 e. The van der Waals surface area contributed by atoms with Gasteiger partial charge in [0, 0.05) is 5.54 Å². The van der Waals surface area contributed by atoms with Crippen molar-refractivity contribution in [2.24, 2.45) is 11.7 Å². The fraction of sp³-hybridized carbons (Fsp3) is 1.00. The van der Waals surface area contributed by atoms with Crippen molar-refractivity contribution in [3.05, 3.63) is 0 Å². The highest BCUT2D eigenvalue weighted by Crippen LogP contribution is 2.20. The molecule has 0 heterocycles. The van der Waals surface area contributed by atoms with Crippen molar-refractivity contribution >= 4 is 24.0 Å². The molecule has 0 fully saturated rings. The van der Waals surface area contributed by atoms with Gasteiger partial charge in [0.05, 0.1) is 0 Å². The van der Waals surface area contributed by atoms with Crippen LogP contribution in [0.15, 0.2) is 0 Å². The average Bonchev–Trinajstić information content (AvgIpc) is 2.02. The highest BCUT2D eigenvalue weighted by Gasteiger charge is 2.19. The fourth-order valence-electron chi connectivity index (χ4n) is 1.43. The lowest BCUT2D eigenvalue weighted by Gasteiger charge is -2.27. The molecule has 0 bridgehead atoms. The van der Waals surface area contributed by atoms with Gasteiger partial charge in [-0.05, 0) is 26.2 Å². The van der Waals surface area contributed by atoms with E-state index in [0.29, 0.717) is 5.92 Å². The topological polar surface area (TPSA) is 26.0 Å². The van der Waals surface area contributed by atoms with E-state index in [0.717, 1.165) is 0 Å². The van der Waals surface area contributed by atoms with Crippen LogP contribution >= 0.6 is 24.0 Å². The van der Waals surface area contributed by atoms with Crippen molar-refractivity contribution in [1.29, 1.82) is 0 Å². The van der Waals surface area contributed by atoms with Gasteiger partial charge in [-0.2, -0.15) is 0 Å². The zero-order valence-electron chi connectivity index (χ0n) is 10.3. The minimum absolute atomic E-state index is 0. The molecule has 0 aliphatic carbocycles. The molecule has 0 aromatic carbocycles. The van der Waals surface area contributed by atoms with Crippen LogP contribution in [0.3, 0.4) is 0 Å². The molecule has 14 heavy (non-hydrogen) atoms. The molecule has 0 aromatic heterocycles. The van der Waals surface area contributed by atoms with E-state index < -0.39 is 0 Å². The normalized spacial score (nSPS) is 13.5. The molecule has 0 aromatic rings. The van der Waals surface area contributed by atoms with Gasteiger partial charge in [0.1, 0.15) is 0 Å². The molecule has 0 rings (SSSR count). The number of hydrogen-bond acceptors (Lipinski definition) is 1. The Balaban J connectivity index is 0. The highest BCUT2D eigenvalue weighted by atomic mass is 127. The Morgan fingerprint density at radius 1 is 1.07 bits per heavy atom. The molecule has 0 saturated heterocycles. The maximum Gasteiger partial charge on any atom is 0.0123 e. The summed E-state index contributed by atoms with van der Waals surface area (Å²) in [6.45, 7) is 8.78. The van der Waals surface area contributed by atoms with Crippen LogP contribution in [-0.2, 0) is 0 Å². The van der Waals surface area contributed by atoms with Gasteiger partial charge in [-0.25, -0.2) is 0 Å². The summed E-state index contributed by atoms with van der Waals surface area (Å²) in [5, 5.41) is 0. The molecule has 2 heteroatoms. The second kappa shape index (κ2) is 8.96. The van der Waals surface area contributed by atoms with Crippen molar-refractivity contribution in [3.8, 4) is 0 Å². The van der Waals surface area contributed by atoms with Crippen LogP contribution in [0.2, 0.25) is 0 Å². The highest BCUT2D eigenvalue weighted by molar-refractivity contribution is 14.0. The van der Waals surface area contributed by atoms with Gasteiger partial charge >= 0.3 is 0 Å². The summed E-state index contributed by atoms with van der Waals surface area (Å²) in [4.78, 5) is 0. The molecule has 2 N–H and O–H groups in total. The predicted octanol–water partition coefficient (Wildman–Crippen LogP) is 4.34. The van der Waals surface area contributed by atoms with Crippen molar-refractivity contribution in [3.63, 3.8) is 0 Å². The summed E-state index contributed by atoms with van der Waals surface area (Å²) >= 11 is 0. The van der Waals surface area contributed by atoms with E-state index in [-0.39, 0.29) is 29.5 Å². The molecule has 0 radical (unpaired) electrons. The molecular formula is C12H28IN. The Kier molecular flexibility index (Phi) is 10.9. The molecule has 1 nitrogen and oxygen atoms in total. The van der Waals surface area contributed by atoms with Crippen molar-refractivity contribution < 1.29 is 0 Å². The quantitative estimate of drug-likeness (QED) is 0.549. The fourth-order valence-corrected chi connectivity index (χ4v) is 1.43. The summed E-state index contributed by atoms with van der Waals surface area (Å²) in [6, 6.07) is 0. The first-order chi connectivity index (χ1) is 5.98. The molecule has 1 atom stereocenters. The van der Waals surface area contributed by atoms with Gasteiger partial charge in [0.15, 0.2) is 0 Å². The first kappa shape index (κ1) is 17.1. The maximum absolute atomic E-state index is 6.02. The van der Waals surface area contributed by atoms with Gasteiger partial charge in [-0.3, -0.25) is 0 Å². The van der Waals surface area contributed by atoms with Gasteiger partial charge < -0.3 is 5.73 Å². The van der Waals surface area contributed by atoms with Crippen LogP contribution in [0.25, 0.3) is 0 Å². The van der Waals surface area contributed by atoms with Crippen LogP contribution in [0, 0.1) is 5.92 Å². The van der Waals surface area contributed by atoms with Crippen LogP contribution in [-0.4, -0.2) is 5.54 Å². The third-order valence-corrected chi connectivity index (χ3v) is 3.01. The Morgan fingerprint density at radius 2 is 1.57 bits per heavy atom. The molecular weight excluding hydrogens is 285 g/mol. The maximum atomic E-state index is 6.02. The lowest BCUT2D eigenvalue weighted by atomic mass is 9.86. The lowest BCUT2D eigenvalue weighted by molar-refractivity contribution is 0.316. The Labute approximate surface area is 107 Å². The van der Waals surface area contributed by atoms with Crippen molar-refractivity contribution in [2.45, 2.75) is 71.8 Å². The average molecular weight is 313 g/mol. The molecule has 0 spiro atoms. The van der Waals surface area contributed by atoms with Gasteiger partial charge in [0.25, 0.3) is 0 Å². The number of unbranched alkanes of at least 4 members (excludes halogenated alkanes) is 4. The third kappa shape index (κ3) is 9.25. The largest absolute Gasteiger partial charge is 0.325 e. The molecule has 0 saturated carbocycles. The molecule has 0 aliphatic rings. The number of rotatable bonds is 7. The monoisotopic (exact) mass is 313 g/mol. The van der Waals surface area contributed by atoms with Crippen LogP contribution in [0.5, 0.6) is 0 Å². The Hall–Kier alpha value is 0.690. The second-order valence-electron chi connectivity index (χ2n) is 4.93. The molecule has 0 aliphatic heterocycles. The Morgan fingerprint density at radius 3 is 2.00 bits per heavy atom. The first-order valence-corrected chi connectivity index (χ1v) is 5.77. The second-order valence-corrected chi connectivity index (χ2v) is 4.93. The van der Waals surface area contributed by atoms with E-state index in [1.807, 2.05) is 0 Å². The summed E-state index contributed by atoms with van der Waals surface area (Å²) in [5.41, 5.74) is 6.02. The predicted molar refractivity (Wildman–Crippen MR) is 76.2 cm³/mol. The number of hydrogen-bond donors (Lipinski definition) is 1. The van der Waals surface area contributed by atoms with E-state index >= 15 is 0 Å². The standard InChI is InChI=1S/C12H27N.HI/c1-5-6-7-8-9-10-11(2)12(3,4)13;/h11H,5-10,13H2,1-4H3;1H. The number of halogens is 1.